The number of halogens is 1. The first-order valence-electron chi connectivity index (χ1n) is 7.11. The second-order valence-electron chi connectivity index (χ2n) is 4.92. The van der Waals surface area contributed by atoms with Crippen molar-refractivity contribution in [2.45, 2.75) is 17.1 Å². The van der Waals surface area contributed by atoms with Gasteiger partial charge in [0.25, 0.3) is 0 Å². The summed E-state index contributed by atoms with van der Waals surface area (Å²) in [6, 6.07) is 10.9. The van der Waals surface area contributed by atoms with Crippen LogP contribution in [0.5, 0.6) is 17.2 Å². The molecule has 1 aliphatic rings. The van der Waals surface area contributed by atoms with E-state index in [0.29, 0.717) is 19.0 Å². The molecule has 0 spiro atoms. The maximum atomic E-state index is 13.7. The van der Waals surface area contributed by atoms with Gasteiger partial charge in [0.2, 0.25) is 0 Å². The highest BCUT2D eigenvalue weighted by Gasteiger charge is 2.11. The second-order valence-corrected chi connectivity index (χ2v) is 5.97. The summed E-state index contributed by atoms with van der Waals surface area (Å²) in [5.74, 6) is 2.19. The Labute approximate surface area is 133 Å². The van der Waals surface area contributed by atoms with Gasteiger partial charge in [-0.15, -0.1) is 11.8 Å². The van der Waals surface area contributed by atoms with Crippen molar-refractivity contribution in [2.24, 2.45) is 0 Å². The topological polar surface area (TPSA) is 27.7 Å². The van der Waals surface area contributed by atoms with Gasteiger partial charge in [-0.1, -0.05) is 6.07 Å². The van der Waals surface area contributed by atoms with Crippen LogP contribution in [0, 0.1) is 5.82 Å². The fourth-order valence-electron chi connectivity index (χ4n) is 2.20. The molecule has 0 fully saturated rings. The number of thioether (sulfide) groups is 1. The molecule has 5 heteroatoms. The third-order valence-corrected chi connectivity index (χ3v) is 4.41. The second kappa shape index (κ2) is 6.92. The fraction of sp³-hybridized carbons (Fsp3) is 0.294. The molecule has 0 atom stereocenters. The van der Waals surface area contributed by atoms with E-state index in [1.54, 1.807) is 17.8 Å². The largest absolute Gasteiger partial charge is 0.494 e. The standard InChI is InChI=1S/C17H17FO3S/c1-19-15-5-3-12(9-14(15)18)11-22-13-4-6-16-17(10-13)21-8-2-7-20-16/h3-6,9-10H,2,7-8,11H2,1H3. The van der Waals surface area contributed by atoms with Crippen LogP contribution < -0.4 is 14.2 Å². The highest BCUT2D eigenvalue weighted by atomic mass is 32.2. The first kappa shape index (κ1) is 15.0. The van der Waals surface area contributed by atoms with Crippen LogP contribution in [0.4, 0.5) is 4.39 Å². The Morgan fingerprint density at radius 1 is 1.09 bits per heavy atom. The Bertz CT molecular complexity index is 660. The first-order chi connectivity index (χ1) is 10.8. The molecule has 22 heavy (non-hydrogen) atoms. The van der Waals surface area contributed by atoms with Gasteiger partial charge in [-0.2, -0.15) is 0 Å². The van der Waals surface area contributed by atoms with E-state index in [1.165, 1.54) is 13.2 Å². The molecule has 0 aromatic heterocycles. The van der Waals surface area contributed by atoms with E-state index in [2.05, 4.69) is 0 Å². The van der Waals surface area contributed by atoms with Crippen LogP contribution in [0.1, 0.15) is 12.0 Å². The minimum Gasteiger partial charge on any atom is -0.494 e. The van der Waals surface area contributed by atoms with Crippen molar-refractivity contribution < 1.29 is 18.6 Å². The molecule has 2 aromatic carbocycles. The quantitative estimate of drug-likeness (QED) is 0.786. The Hall–Kier alpha value is -1.88. The van der Waals surface area contributed by atoms with Gasteiger partial charge >= 0.3 is 0 Å². The van der Waals surface area contributed by atoms with Gasteiger partial charge < -0.3 is 14.2 Å². The molecule has 3 rings (SSSR count). The number of ether oxygens (including phenoxy) is 3. The van der Waals surface area contributed by atoms with E-state index < -0.39 is 0 Å². The van der Waals surface area contributed by atoms with E-state index in [9.17, 15) is 4.39 Å². The lowest BCUT2D eigenvalue weighted by Gasteiger charge is -2.09. The van der Waals surface area contributed by atoms with Crippen LogP contribution in [-0.4, -0.2) is 20.3 Å². The fourth-order valence-corrected chi connectivity index (χ4v) is 3.07. The molecule has 116 valence electrons. The van der Waals surface area contributed by atoms with Gasteiger partial charge in [0, 0.05) is 17.1 Å². The van der Waals surface area contributed by atoms with Crippen molar-refractivity contribution in [3.63, 3.8) is 0 Å². The minimum atomic E-state index is -0.334. The number of hydrogen-bond acceptors (Lipinski definition) is 4. The van der Waals surface area contributed by atoms with E-state index >= 15 is 0 Å². The van der Waals surface area contributed by atoms with Crippen LogP contribution in [0.2, 0.25) is 0 Å². The highest BCUT2D eigenvalue weighted by Crippen LogP contribution is 2.35. The van der Waals surface area contributed by atoms with Crippen LogP contribution in [0.15, 0.2) is 41.3 Å². The lowest BCUT2D eigenvalue weighted by Crippen LogP contribution is -1.97. The van der Waals surface area contributed by atoms with Crippen molar-refractivity contribution in [2.75, 3.05) is 20.3 Å². The summed E-state index contributed by atoms with van der Waals surface area (Å²) in [7, 11) is 1.46. The maximum absolute atomic E-state index is 13.7. The van der Waals surface area contributed by atoms with Crippen LogP contribution in [0.25, 0.3) is 0 Å². The van der Waals surface area contributed by atoms with Crippen molar-refractivity contribution in [3.05, 3.63) is 47.8 Å². The summed E-state index contributed by atoms with van der Waals surface area (Å²) in [6.07, 6.45) is 0.891. The molecule has 0 bridgehead atoms. The van der Waals surface area contributed by atoms with Gasteiger partial charge in [0.15, 0.2) is 23.1 Å². The smallest absolute Gasteiger partial charge is 0.165 e. The summed E-state index contributed by atoms with van der Waals surface area (Å²) >= 11 is 1.63. The van der Waals surface area contributed by atoms with E-state index in [4.69, 9.17) is 14.2 Å². The summed E-state index contributed by atoms with van der Waals surface area (Å²) in [5.41, 5.74) is 0.912. The summed E-state index contributed by atoms with van der Waals surface area (Å²) in [4.78, 5) is 1.07. The summed E-state index contributed by atoms with van der Waals surface area (Å²) in [5, 5.41) is 0. The number of benzene rings is 2. The molecule has 0 aliphatic carbocycles. The van der Waals surface area contributed by atoms with Gasteiger partial charge in [-0.05, 0) is 35.9 Å². The number of hydrogen-bond donors (Lipinski definition) is 0. The normalized spacial score (nSPS) is 13.5. The molecule has 2 aromatic rings. The molecule has 0 saturated carbocycles. The van der Waals surface area contributed by atoms with Crippen LogP contribution >= 0.6 is 11.8 Å². The number of rotatable bonds is 4. The van der Waals surface area contributed by atoms with Crippen molar-refractivity contribution >= 4 is 11.8 Å². The monoisotopic (exact) mass is 320 g/mol. The molecule has 3 nitrogen and oxygen atoms in total. The molecule has 1 heterocycles. The molecule has 0 amide bonds. The Balaban J connectivity index is 1.68. The van der Waals surface area contributed by atoms with Gasteiger partial charge in [0.05, 0.1) is 20.3 Å². The van der Waals surface area contributed by atoms with Gasteiger partial charge in [0.1, 0.15) is 0 Å². The Morgan fingerprint density at radius 2 is 1.91 bits per heavy atom. The summed E-state index contributed by atoms with van der Waals surface area (Å²) < 4.78 is 29.9. The molecular weight excluding hydrogens is 303 g/mol. The van der Waals surface area contributed by atoms with Crippen molar-refractivity contribution in [1.82, 2.24) is 0 Å². The summed E-state index contributed by atoms with van der Waals surface area (Å²) in [6.45, 7) is 1.36. The Kier molecular flexibility index (Phi) is 4.73. The lowest BCUT2D eigenvalue weighted by atomic mass is 10.2. The van der Waals surface area contributed by atoms with E-state index in [1.807, 2.05) is 24.3 Å². The average molecular weight is 320 g/mol. The lowest BCUT2D eigenvalue weighted by molar-refractivity contribution is 0.297. The third-order valence-electron chi connectivity index (χ3n) is 3.34. The van der Waals surface area contributed by atoms with Crippen LogP contribution in [-0.2, 0) is 5.75 Å². The zero-order chi connectivity index (χ0) is 15.4. The molecule has 1 aliphatic heterocycles. The molecule has 0 saturated heterocycles. The predicted octanol–water partition coefficient (Wildman–Crippen LogP) is 4.29. The highest BCUT2D eigenvalue weighted by molar-refractivity contribution is 7.98. The SMILES string of the molecule is COc1ccc(CSc2ccc3c(c2)OCCCO3)cc1F. The zero-order valence-electron chi connectivity index (χ0n) is 12.3. The molecule has 0 unspecified atom stereocenters. The molecule has 0 radical (unpaired) electrons. The number of methoxy groups -OCH3 is 1. The van der Waals surface area contributed by atoms with Gasteiger partial charge in [-0.25, -0.2) is 4.39 Å². The average Bonchev–Trinajstić information content (AvgIpc) is 2.78. The maximum Gasteiger partial charge on any atom is 0.165 e. The van der Waals surface area contributed by atoms with E-state index in [0.717, 1.165) is 28.4 Å². The predicted molar refractivity (Wildman–Crippen MR) is 84.6 cm³/mol. The minimum absolute atomic E-state index is 0.268. The molecule has 0 N–H and O–H groups in total. The van der Waals surface area contributed by atoms with Crippen molar-refractivity contribution in [3.8, 4) is 17.2 Å². The number of fused-ring (bicyclic) bond motifs is 1. The zero-order valence-corrected chi connectivity index (χ0v) is 13.1. The third kappa shape index (κ3) is 3.47. The van der Waals surface area contributed by atoms with Crippen LogP contribution in [0.3, 0.4) is 0 Å². The Morgan fingerprint density at radius 3 is 2.68 bits per heavy atom. The first-order valence-corrected chi connectivity index (χ1v) is 8.09. The molecular formula is C17H17FO3S. The van der Waals surface area contributed by atoms with Gasteiger partial charge in [-0.3, -0.25) is 0 Å². The van der Waals surface area contributed by atoms with Crippen molar-refractivity contribution in [1.29, 1.82) is 0 Å². The van der Waals surface area contributed by atoms with E-state index in [-0.39, 0.29) is 11.6 Å².